The van der Waals surface area contributed by atoms with Crippen LogP contribution in [0.5, 0.6) is 0 Å². The highest BCUT2D eigenvalue weighted by Gasteiger charge is 2.27. The molecule has 0 unspecified atom stereocenters. The smallest absolute Gasteiger partial charge is 0.331 e. The molecule has 1 amide bonds. The number of benzene rings is 2. The Labute approximate surface area is 151 Å². The Bertz CT molecular complexity index is 847. The van der Waals surface area contributed by atoms with Crippen molar-refractivity contribution < 1.29 is 18.7 Å². The summed E-state index contributed by atoms with van der Waals surface area (Å²) in [6.07, 6.45) is 3.35. The highest BCUT2D eigenvalue weighted by molar-refractivity contribution is 5.99. The van der Waals surface area contributed by atoms with E-state index in [1.165, 1.54) is 12.1 Å². The summed E-state index contributed by atoms with van der Waals surface area (Å²) in [5, 5.41) is 0. The number of hydrogen-bond donors (Lipinski definition) is 0. The Balaban J connectivity index is 1.65. The number of nitrogens with zero attached hydrogens (tertiary/aromatic N) is 1. The molecule has 0 N–H and O–H groups in total. The lowest BCUT2D eigenvalue weighted by Gasteiger charge is -2.31. The predicted octanol–water partition coefficient (Wildman–Crippen LogP) is 3.75. The average Bonchev–Trinajstić information content (AvgIpc) is 2.66. The Morgan fingerprint density at radius 1 is 1.15 bits per heavy atom. The van der Waals surface area contributed by atoms with Crippen molar-refractivity contribution in [2.45, 2.75) is 25.9 Å². The first-order chi connectivity index (χ1) is 12.6. The monoisotopic (exact) mass is 353 g/mol. The van der Waals surface area contributed by atoms with E-state index in [4.69, 9.17) is 4.74 Å². The van der Waals surface area contributed by atoms with E-state index in [0.717, 1.165) is 30.2 Å². The zero-order valence-corrected chi connectivity index (χ0v) is 14.5. The van der Waals surface area contributed by atoms with Gasteiger partial charge in [0.2, 0.25) is 0 Å². The number of anilines is 1. The van der Waals surface area contributed by atoms with Crippen LogP contribution in [0.15, 0.2) is 54.6 Å². The third kappa shape index (κ3) is 3.99. The van der Waals surface area contributed by atoms with Gasteiger partial charge in [-0.3, -0.25) is 4.79 Å². The van der Waals surface area contributed by atoms with Crippen LogP contribution < -0.4 is 4.90 Å². The van der Waals surface area contributed by atoms with Gasteiger partial charge in [0.1, 0.15) is 5.82 Å². The lowest BCUT2D eigenvalue weighted by Crippen LogP contribution is -2.42. The molecule has 0 spiro atoms. The number of para-hydroxylation sites is 1. The standard InChI is InChI=1S/C21H20FNO3/c1-15(26-20(24)13-12-16-7-2-4-10-18(16)22)21(25)23-14-6-9-17-8-3-5-11-19(17)23/h2-5,7-8,10-13,15H,6,9,14H2,1H3/b13-12-/t15-/m1/s1. The zero-order chi connectivity index (χ0) is 18.5. The van der Waals surface area contributed by atoms with Crippen LogP contribution >= 0.6 is 0 Å². The van der Waals surface area contributed by atoms with Gasteiger partial charge in [-0.2, -0.15) is 0 Å². The number of carbonyl (C=O) groups is 2. The van der Waals surface area contributed by atoms with Crippen LogP contribution in [0.25, 0.3) is 6.08 Å². The second-order valence-electron chi connectivity index (χ2n) is 6.16. The van der Waals surface area contributed by atoms with E-state index >= 15 is 0 Å². The molecule has 26 heavy (non-hydrogen) atoms. The maximum Gasteiger partial charge on any atom is 0.331 e. The van der Waals surface area contributed by atoms with Crippen LogP contribution in [0.4, 0.5) is 10.1 Å². The quantitative estimate of drug-likeness (QED) is 0.621. The van der Waals surface area contributed by atoms with Gasteiger partial charge in [0, 0.05) is 23.9 Å². The van der Waals surface area contributed by atoms with Gasteiger partial charge in [-0.1, -0.05) is 36.4 Å². The summed E-state index contributed by atoms with van der Waals surface area (Å²) in [5.41, 5.74) is 2.27. The van der Waals surface area contributed by atoms with Gasteiger partial charge in [-0.25, -0.2) is 9.18 Å². The van der Waals surface area contributed by atoms with Crippen LogP contribution in [0.3, 0.4) is 0 Å². The maximum absolute atomic E-state index is 13.6. The van der Waals surface area contributed by atoms with Gasteiger partial charge in [0.05, 0.1) is 0 Å². The molecule has 1 aliphatic rings. The second kappa shape index (κ2) is 7.95. The Hall–Kier alpha value is -2.95. The summed E-state index contributed by atoms with van der Waals surface area (Å²) in [6, 6.07) is 13.9. The summed E-state index contributed by atoms with van der Waals surface area (Å²) < 4.78 is 18.8. The SMILES string of the molecule is C[C@@H](OC(=O)/C=C\c1ccccc1F)C(=O)N1CCCc2ccccc21. The first kappa shape index (κ1) is 17.9. The summed E-state index contributed by atoms with van der Waals surface area (Å²) >= 11 is 0. The number of rotatable bonds is 4. The molecule has 2 aromatic rings. The number of fused-ring (bicyclic) bond motifs is 1. The van der Waals surface area contributed by atoms with Crippen molar-refractivity contribution >= 4 is 23.6 Å². The van der Waals surface area contributed by atoms with Crippen molar-refractivity contribution in [2.75, 3.05) is 11.4 Å². The van der Waals surface area contributed by atoms with Crippen molar-refractivity contribution in [1.82, 2.24) is 0 Å². The van der Waals surface area contributed by atoms with Crippen LogP contribution in [0, 0.1) is 5.82 Å². The van der Waals surface area contributed by atoms with Gasteiger partial charge in [0.15, 0.2) is 6.10 Å². The molecule has 1 aliphatic heterocycles. The highest BCUT2D eigenvalue weighted by Crippen LogP contribution is 2.27. The molecule has 1 atom stereocenters. The van der Waals surface area contributed by atoms with Gasteiger partial charge in [-0.05, 0) is 43.5 Å². The molecule has 3 rings (SSSR count). The number of ether oxygens (including phenoxy) is 1. The Morgan fingerprint density at radius 2 is 1.88 bits per heavy atom. The van der Waals surface area contributed by atoms with Gasteiger partial charge >= 0.3 is 5.97 Å². The van der Waals surface area contributed by atoms with Gasteiger partial charge in [0.25, 0.3) is 5.91 Å². The second-order valence-corrected chi connectivity index (χ2v) is 6.16. The highest BCUT2D eigenvalue weighted by atomic mass is 19.1. The molecule has 0 aliphatic carbocycles. The molecule has 0 saturated heterocycles. The number of hydrogen-bond acceptors (Lipinski definition) is 3. The van der Waals surface area contributed by atoms with Crippen LogP contribution in [-0.4, -0.2) is 24.5 Å². The summed E-state index contributed by atoms with van der Waals surface area (Å²) in [5.74, 6) is -1.37. The molecule has 0 radical (unpaired) electrons. The molecular weight excluding hydrogens is 333 g/mol. The molecule has 4 nitrogen and oxygen atoms in total. The third-order valence-corrected chi connectivity index (χ3v) is 4.32. The van der Waals surface area contributed by atoms with E-state index in [2.05, 4.69) is 0 Å². The molecule has 0 aromatic heterocycles. The third-order valence-electron chi connectivity index (χ3n) is 4.32. The number of aryl methyl sites for hydroxylation is 1. The van der Waals surface area contributed by atoms with Crippen LogP contribution in [0.1, 0.15) is 24.5 Å². The molecule has 0 fully saturated rings. The van der Waals surface area contributed by atoms with Crippen LogP contribution in [-0.2, 0) is 20.7 Å². The molecule has 134 valence electrons. The fourth-order valence-electron chi connectivity index (χ4n) is 3.01. The van der Waals surface area contributed by atoms with E-state index in [1.807, 2.05) is 24.3 Å². The summed E-state index contributed by atoms with van der Waals surface area (Å²) in [7, 11) is 0. The number of carbonyl (C=O) groups excluding carboxylic acids is 2. The lowest BCUT2D eigenvalue weighted by atomic mass is 10.0. The molecule has 1 heterocycles. The minimum absolute atomic E-state index is 0.259. The first-order valence-electron chi connectivity index (χ1n) is 8.59. The number of halogens is 1. The predicted molar refractivity (Wildman–Crippen MR) is 98.1 cm³/mol. The normalized spacial score (nSPS) is 14.8. The fourth-order valence-corrected chi connectivity index (χ4v) is 3.01. The van der Waals surface area contributed by atoms with E-state index in [9.17, 15) is 14.0 Å². The van der Waals surface area contributed by atoms with Crippen molar-refractivity contribution in [3.63, 3.8) is 0 Å². The molecule has 2 aromatic carbocycles. The minimum atomic E-state index is -0.918. The van der Waals surface area contributed by atoms with Crippen molar-refractivity contribution in [2.24, 2.45) is 0 Å². The Morgan fingerprint density at radius 3 is 2.69 bits per heavy atom. The molecular formula is C21H20FNO3. The number of amides is 1. The minimum Gasteiger partial charge on any atom is -0.449 e. The molecule has 0 saturated carbocycles. The van der Waals surface area contributed by atoms with Gasteiger partial charge < -0.3 is 9.64 Å². The largest absolute Gasteiger partial charge is 0.449 e. The fraction of sp³-hybridized carbons (Fsp3) is 0.238. The van der Waals surface area contributed by atoms with E-state index in [-0.39, 0.29) is 11.5 Å². The van der Waals surface area contributed by atoms with Crippen molar-refractivity contribution in [1.29, 1.82) is 0 Å². The summed E-state index contributed by atoms with van der Waals surface area (Å²) in [4.78, 5) is 26.3. The van der Waals surface area contributed by atoms with Gasteiger partial charge in [-0.15, -0.1) is 0 Å². The van der Waals surface area contributed by atoms with Crippen molar-refractivity contribution in [3.8, 4) is 0 Å². The molecule has 5 heteroatoms. The topological polar surface area (TPSA) is 46.6 Å². The van der Waals surface area contributed by atoms with Crippen molar-refractivity contribution in [3.05, 3.63) is 71.6 Å². The zero-order valence-electron chi connectivity index (χ0n) is 14.5. The van der Waals surface area contributed by atoms with E-state index in [1.54, 1.807) is 30.0 Å². The Kier molecular flexibility index (Phi) is 5.46. The van der Waals surface area contributed by atoms with E-state index in [0.29, 0.717) is 6.54 Å². The average molecular weight is 353 g/mol. The number of esters is 1. The van der Waals surface area contributed by atoms with E-state index < -0.39 is 17.9 Å². The maximum atomic E-state index is 13.6. The molecule has 0 bridgehead atoms. The van der Waals surface area contributed by atoms with Crippen LogP contribution in [0.2, 0.25) is 0 Å². The summed E-state index contributed by atoms with van der Waals surface area (Å²) in [6.45, 7) is 2.15. The first-order valence-corrected chi connectivity index (χ1v) is 8.59. The lowest BCUT2D eigenvalue weighted by molar-refractivity contribution is -0.149.